The van der Waals surface area contributed by atoms with E-state index in [1.165, 1.54) is 23.3 Å². The molecule has 2 atom stereocenters. The Morgan fingerprint density at radius 1 is 0.781 bits per heavy atom. The van der Waals surface area contributed by atoms with Crippen LogP contribution >= 0.6 is 0 Å². The Labute approximate surface area is 199 Å². The van der Waals surface area contributed by atoms with Crippen LogP contribution < -0.4 is 10.5 Å². The van der Waals surface area contributed by atoms with Crippen LogP contribution in [0.3, 0.4) is 0 Å². The van der Waals surface area contributed by atoms with Gasteiger partial charge in [0.25, 0.3) is 0 Å². The molecule has 4 nitrogen and oxygen atoms in total. The average molecular weight is 552 g/mol. The van der Waals surface area contributed by atoms with Crippen LogP contribution in [0.25, 0.3) is 0 Å². The van der Waals surface area contributed by atoms with Gasteiger partial charge in [-0.15, -0.1) is 0 Å². The second kappa shape index (κ2) is 12.3. The first kappa shape index (κ1) is 28.0. The van der Waals surface area contributed by atoms with Crippen molar-refractivity contribution in [3.63, 3.8) is 0 Å². The van der Waals surface area contributed by atoms with Crippen LogP contribution in [0.1, 0.15) is 34.3 Å². The molecule has 0 aromatic heterocycles. The summed E-state index contributed by atoms with van der Waals surface area (Å²) in [4.78, 5) is 0. The van der Waals surface area contributed by atoms with Gasteiger partial charge >= 0.3 is 15.5 Å². The van der Waals surface area contributed by atoms with E-state index in [1.807, 2.05) is 0 Å². The average Bonchev–Trinajstić information content (AvgIpc) is 2.72. The number of aryl methyl sites for hydroxylation is 2. The van der Waals surface area contributed by atoms with E-state index in [0.717, 1.165) is 0 Å². The van der Waals surface area contributed by atoms with Gasteiger partial charge < -0.3 is 5.73 Å². The molecule has 32 heavy (non-hydrogen) atoms. The smallest absolute Gasteiger partial charge is 0.322 e. The molecule has 0 unspecified atom stereocenters. The molecule has 0 fully saturated rings. The number of rotatable bonds is 5. The van der Waals surface area contributed by atoms with Crippen molar-refractivity contribution in [1.29, 1.82) is 0 Å². The van der Waals surface area contributed by atoms with Gasteiger partial charge in [0.2, 0.25) is 0 Å². The third kappa shape index (κ3) is 8.13. The Hall–Kier alpha value is -2.06. The molecule has 3 aromatic carbocycles. The largest absolute Gasteiger partial charge is 0.511 e. The third-order valence-corrected chi connectivity index (χ3v) is 5.64. The molecule has 3 rings (SSSR count). The van der Waals surface area contributed by atoms with Gasteiger partial charge in [0.1, 0.15) is 0 Å². The zero-order valence-electron chi connectivity index (χ0n) is 17.5. The van der Waals surface area contributed by atoms with Crippen LogP contribution in [-0.2, 0) is 29.5 Å². The molecular formula is C23H25F3N2O2RuS. The van der Waals surface area contributed by atoms with E-state index >= 15 is 0 Å². The predicted octanol–water partition coefficient (Wildman–Crippen LogP) is 5.17. The molecule has 0 heterocycles. The van der Waals surface area contributed by atoms with Gasteiger partial charge in [-0.05, 0) is 25.0 Å². The van der Waals surface area contributed by atoms with E-state index in [1.54, 1.807) is 53.3 Å². The quantitative estimate of drug-likeness (QED) is 0.430. The van der Waals surface area contributed by atoms with Crippen molar-refractivity contribution in [2.45, 2.75) is 31.4 Å². The first-order valence-corrected chi connectivity index (χ1v) is 11.0. The summed E-state index contributed by atoms with van der Waals surface area (Å²) in [5, 5.41) is 0. The van der Waals surface area contributed by atoms with Crippen LogP contribution in [0.4, 0.5) is 13.2 Å². The van der Waals surface area contributed by atoms with Crippen LogP contribution in [0.2, 0.25) is 0 Å². The minimum atomic E-state index is -5.53. The Kier molecular flexibility index (Phi) is 10.7. The SMILES string of the molecule is Cc1cccc(C)c1.N[C@@H](c1ccccc1)[C@@H](NS(=O)(=O)C(F)(F)F)c1ccccc1.[Ru]. The molecule has 0 amide bonds. The fourth-order valence-electron chi connectivity index (χ4n) is 2.92. The maximum absolute atomic E-state index is 12.7. The van der Waals surface area contributed by atoms with E-state index in [4.69, 9.17) is 5.73 Å². The summed E-state index contributed by atoms with van der Waals surface area (Å²) in [5.41, 5.74) is 4.16. The van der Waals surface area contributed by atoms with Crippen LogP contribution in [0.5, 0.6) is 0 Å². The van der Waals surface area contributed by atoms with Gasteiger partial charge in [0, 0.05) is 19.5 Å². The standard InChI is InChI=1S/C15H15F3N2O2S.C8H10.Ru/c16-15(17,18)23(21,22)20-14(12-9-5-2-6-10-12)13(19)11-7-3-1-4-8-11;1-7-4-3-5-8(2)6-7;/h1-10,13-14,20H,19H2;3-6H,1-2H3;/t13-,14-;;/m0../s1. The van der Waals surface area contributed by atoms with Crippen LogP contribution in [-0.4, -0.2) is 13.9 Å². The number of hydrogen-bond acceptors (Lipinski definition) is 3. The van der Waals surface area contributed by atoms with Crippen molar-refractivity contribution < 1.29 is 41.1 Å². The summed E-state index contributed by atoms with van der Waals surface area (Å²) in [7, 11) is -5.53. The molecule has 0 aliphatic carbocycles. The molecule has 0 aliphatic rings. The summed E-state index contributed by atoms with van der Waals surface area (Å²) in [6.45, 7) is 4.21. The second-order valence-electron chi connectivity index (χ2n) is 7.05. The zero-order chi connectivity index (χ0) is 23.1. The Morgan fingerprint density at radius 2 is 1.22 bits per heavy atom. The molecule has 9 heteroatoms. The molecule has 0 aliphatic heterocycles. The number of nitrogens with two attached hydrogens (primary N) is 1. The molecule has 3 aromatic rings. The van der Waals surface area contributed by atoms with Gasteiger partial charge in [0.15, 0.2) is 0 Å². The monoisotopic (exact) mass is 552 g/mol. The minimum Gasteiger partial charge on any atom is -0.322 e. The Morgan fingerprint density at radius 3 is 1.59 bits per heavy atom. The van der Waals surface area contributed by atoms with E-state index in [9.17, 15) is 21.6 Å². The minimum absolute atomic E-state index is 0. The maximum Gasteiger partial charge on any atom is 0.511 e. The topological polar surface area (TPSA) is 72.2 Å². The zero-order valence-corrected chi connectivity index (χ0v) is 20.1. The van der Waals surface area contributed by atoms with Gasteiger partial charge in [-0.1, -0.05) is 96.1 Å². The van der Waals surface area contributed by atoms with Crippen LogP contribution in [0, 0.1) is 13.8 Å². The number of alkyl halides is 3. The van der Waals surface area contributed by atoms with Crippen molar-refractivity contribution in [2.24, 2.45) is 5.73 Å². The van der Waals surface area contributed by atoms with E-state index in [0.29, 0.717) is 11.1 Å². The van der Waals surface area contributed by atoms with Gasteiger partial charge in [0.05, 0.1) is 12.1 Å². The fourth-order valence-corrected chi connectivity index (χ4v) is 3.67. The molecule has 0 spiro atoms. The molecule has 0 bridgehead atoms. The first-order chi connectivity index (χ1) is 14.5. The van der Waals surface area contributed by atoms with Gasteiger partial charge in [-0.25, -0.2) is 8.42 Å². The van der Waals surface area contributed by atoms with Gasteiger partial charge in [-0.2, -0.15) is 17.9 Å². The Balaban J connectivity index is 0.000000480. The molecule has 0 radical (unpaired) electrons. The molecule has 174 valence electrons. The number of halogens is 3. The summed E-state index contributed by atoms with van der Waals surface area (Å²) in [6, 6.07) is 22.5. The summed E-state index contributed by atoms with van der Waals surface area (Å²) >= 11 is 0. The number of sulfonamides is 1. The normalized spacial score (nSPS) is 13.2. The molecule has 0 saturated heterocycles. The molecule has 3 N–H and O–H groups in total. The first-order valence-electron chi connectivity index (χ1n) is 9.48. The van der Waals surface area contributed by atoms with Crippen molar-refractivity contribution >= 4 is 10.0 Å². The third-order valence-electron chi connectivity index (χ3n) is 4.46. The van der Waals surface area contributed by atoms with E-state index in [2.05, 4.69) is 38.1 Å². The van der Waals surface area contributed by atoms with Crippen molar-refractivity contribution in [3.8, 4) is 0 Å². The van der Waals surface area contributed by atoms with Crippen molar-refractivity contribution in [3.05, 3.63) is 107 Å². The van der Waals surface area contributed by atoms with Crippen LogP contribution in [0.15, 0.2) is 84.9 Å². The predicted molar refractivity (Wildman–Crippen MR) is 117 cm³/mol. The number of nitrogens with one attached hydrogen (secondary N) is 1. The number of hydrogen-bond donors (Lipinski definition) is 2. The van der Waals surface area contributed by atoms with E-state index in [-0.39, 0.29) is 19.5 Å². The van der Waals surface area contributed by atoms with E-state index < -0.39 is 27.6 Å². The summed E-state index contributed by atoms with van der Waals surface area (Å²) in [6.07, 6.45) is 0. The summed E-state index contributed by atoms with van der Waals surface area (Å²) in [5.74, 6) is 0. The summed E-state index contributed by atoms with van der Waals surface area (Å²) < 4.78 is 62.7. The number of benzene rings is 3. The molecular weight excluding hydrogens is 526 g/mol. The maximum atomic E-state index is 12.7. The molecule has 0 saturated carbocycles. The van der Waals surface area contributed by atoms with Crippen molar-refractivity contribution in [2.75, 3.05) is 0 Å². The second-order valence-corrected chi connectivity index (χ2v) is 8.76. The fraction of sp³-hybridized carbons (Fsp3) is 0.217. The van der Waals surface area contributed by atoms with Gasteiger partial charge in [-0.3, -0.25) is 0 Å². The van der Waals surface area contributed by atoms with Crippen molar-refractivity contribution in [1.82, 2.24) is 4.72 Å². The Bertz CT molecular complexity index is 1050.